The van der Waals surface area contributed by atoms with Crippen LogP contribution in [-0.2, 0) is 6.42 Å². The number of aromatic nitrogens is 2. The topological polar surface area (TPSA) is 62.5 Å². The van der Waals surface area contributed by atoms with Gasteiger partial charge in [0, 0.05) is 61.2 Å². The van der Waals surface area contributed by atoms with E-state index >= 15 is 0 Å². The minimum atomic E-state index is -0.0686. The molecule has 1 saturated heterocycles. The number of pyridine rings is 1. The fraction of sp³-hybridized carbons (Fsp3) is 0.286. The van der Waals surface area contributed by atoms with Crippen LogP contribution in [0.15, 0.2) is 63.9 Å². The molecule has 1 aliphatic heterocycles. The molecule has 2 aromatic heterocycles. The highest BCUT2D eigenvalue weighted by atomic mass is 79.9. The molecular formula is C21H21BrN4O2. The SMILES string of the molecule is O=C(c1cc(-c2ccc(Br)cc2)on1)N1CCN(CCc2ccncc2)CC1. The Labute approximate surface area is 172 Å². The fourth-order valence-corrected chi connectivity index (χ4v) is 3.56. The highest BCUT2D eigenvalue weighted by molar-refractivity contribution is 9.10. The van der Waals surface area contributed by atoms with Crippen molar-refractivity contribution in [3.8, 4) is 11.3 Å². The molecule has 1 aromatic carbocycles. The van der Waals surface area contributed by atoms with E-state index in [4.69, 9.17) is 4.52 Å². The van der Waals surface area contributed by atoms with Gasteiger partial charge < -0.3 is 9.42 Å². The molecule has 1 fully saturated rings. The van der Waals surface area contributed by atoms with E-state index < -0.39 is 0 Å². The number of hydrogen-bond acceptors (Lipinski definition) is 5. The van der Waals surface area contributed by atoms with Gasteiger partial charge in [0.1, 0.15) is 0 Å². The van der Waals surface area contributed by atoms with E-state index in [0.717, 1.165) is 36.1 Å². The number of benzene rings is 1. The van der Waals surface area contributed by atoms with Crippen molar-refractivity contribution in [1.82, 2.24) is 19.9 Å². The molecule has 28 heavy (non-hydrogen) atoms. The normalized spacial score (nSPS) is 15.0. The zero-order valence-electron chi connectivity index (χ0n) is 15.4. The molecule has 0 saturated carbocycles. The maximum Gasteiger partial charge on any atom is 0.276 e. The number of rotatable bonds is 5. The zero-order chi connectivity index (χ0) is 19.3. The van der Waals surface area contributed by atoms with Gasteiger partial charge in [-0.2, -0.15) is 0 Å². The predicted octanol–water partition coefficient (Wildman–Crippen LogP) is 3.50. The number of hydrogen-bond donors (Lipinski definition) is 0. The van der Waals surface area contributed by atoms with Crippen LogP contribution < -0.4 is 0 Å². The minimum absolute atomic E-state index is 0.0686. The van der Waals surface area contributed by atoms with Crippen LogP contribution in [0, 0.1) is 0 Å². The predicted molar refractivity (Wildman–Crippen MR) is 110 cm³/mol. The van der Waals surface area contributed by atoms with Crippen LogP contribution in [0.25, 0.3) is 11.3 Å². The second-order valence-electron chi connectivity index (χ2n) is 6.82. The number of carbonyl (C=O) groups excluding carboxylic acids is 1. The molecule has 0 spiro atoms. The van der Waals surface area contributed by atoms with Crippen molar-refractivity contribution in [2.45, 2.75) is 6.42 Å². The lowest BCUT2D eigenvalue weighted by atomic mass is 10.1. The third kappa shape index (κ3) is 4.48. The summed E-state index contributed by atoms with van der Waals surface area (Å²) in [6.07, 6.45) is 4.65. The largest absolute Gasteiger partial charge is 0.355 e. The molecule has 0 N–H and O–H groups in total. The smallest absolute Gasteiger partial charge is 0.276 e. The van der Waals surface area contributed by atoms with Gasteiger partial charge in [0.05, 0.1) is 0 Å². The number of halogens is 1. The summed E-state index contributed by atoms with van der Waals surface area (Å²) in [5, 5.41) is 3.99. The molecule has 0 bridgehead atoms. The molecule has 1 amide bonds. The summed E-state index contributed by atoms with van der Waals surface area (Å²) < 4.78 is 6.38. The quantitative estimate of drug-likeness (QED) is 0.607. The molecule has 0 radical (unpaired) electrons. The standard InChI is InChI=1S/C21H21BrN4O2/c22-18-3-1-17(2-4-18)20-15-19(24-28-20)21(27)26-13-11-25(12-14-26)10-7-16-5-8-23-9-6-16/h1-6,8-9,15H,7,10-14H2. The van der Waals surface area contributed by atoms with Crippen molar-refractivity contribution < 1.29 is 9.32 Å². The molecule has 0 atom stereocenters. The summed E-state index contributed by atoms with van der Waals surface area (Å²) in [6.45, 7) is 4.14. The third-order valence-electron chi connectivity index (χ3n) is 4.98. The molecule has 6 nitrogen and oxygen atoms in total. The van der Waals surface area contributed by atoms with E-state index in [-0.39, 0.29) is 5.91 Å². The molecule has 4 rings (SSSR count). The first kappa shape index (κ1) is 18.8. The summed E-state index contributed by atoms with van der Waals surface area (Å²) in [4.78, 5) is 21.0. The Morgan fingerprint density at radius 3 is 2.46 bits per heavy atom. The van der Waals surface area contributed by atoms with E-state index in [0.29, 0.717) is 24.5 Å². The third-order valence-corrected chi connectivity index (χ3v) is 5.51. The lowest BCUT2D eigenvalue weighted by molar-refractivity contribution is 0.0628. The number of amides is 1. The van der Waals surface area contributed by atoms with Crippen molar-refractivity contribution in [1.29, 1.82) is 0 Å². The molecule has 144 valence electrons. The van der Waals surface area contributed by atoms with Crippen molar-refractivity contribution in [2.75, 3.05) is 32.7 Å². The lowest BCUT2D eigenvalue weighted by Crippen LogP contribution is -2.49. The summed E-state index contributed by atoms with van der Waals surface area (Å²) in [5.41, 5.74) is 2.55. The van der Waals surface area contributed by atoms with E-state index in [1.807, 2.05) is 53.7 Å². The van der Waals surface area contributed by atoms with Crippen LogP contribution in [-0.4, -0.2) is 58.6 Å². The highest BCUT2D eigenvalue weighted by Gasteiger charge is 2.24. The summed E-state index contributed by atoms with van der Waals surface area (Å²) >= 11 is 3.41. The first-order valence-electron chi connectivity index (χ1n) is 9.32. The second kappa shape index (κ2) is 8.67. The fourth-order valence-electron chi connectivity index (χ4n) is 3.30. The summed E-state index contributed by atoms with van der Waals surface area (Å²) in [5.74, 6) is 0.535. The van der Waals surface area contributed by atoms with Gasteiger partial charge in [0.2, 0.25) is 0 Å². The second-order valence-corrected chi connectivity index (χ2v) is 7.74. The van der Waals surface area contributed by atoms with Gasteiger partial charge in [0.25, 0.3) is 5.91 Å². The van der Waals surface area contributed by atoms with Crippen molar-refractivity contribution in [2.24, 2.45) is 0 Å². The number of nitrogens with zero attached hydrogens (tertiary/aromatic N) is 4. The Hall–Kier alpha value is -2.51. The molecule has 3 heterocycles. The molecule has 0 unspecified atom stereocenters. The molecule has 7 heteroatoms. The van der Waals surface area contributed by atoms with Crippen molar-refractivity contribution in [3.05, 3.63) is 70.6 Å². The van der Waals surface area contributed by atoms with E-state index in [9.17, 15) is 4.79 Å². The molecule has 3 aromatic rings. The summed E-state index contributed by atoms with van der Waals surface area (Å²) in [6, 6.07) is 13.6. The maximum atomic E-state index is 12.8. The Morgan fingerprint density at radius 2 is 1.75 bits per heavy atom. The Kier molecular flexibility index (Phi) is 5.83. The highest BCUT2D eigenvalue weighted by Crippen LogP contribution is 2.23. The lowest BCUT2D eigenvalue weighted by Gasteiger charge is -2.34. The number of piperazine rings is 1. The van der Waals surface area contributed by atoms with Crippen LogP contribution in [0.4, 0.5) is 0 Å². The van der Waals surface area contributed by atoms with Crippen LogP contribution in [0.1, 0.15) is 16.1 Å². The average molecular weight is 441 g/mol. The van der Waals surface area contributed by atoms with Crippen LogP contribution in [0.5, 0.6) is 0 Å². The Balaban J connectivity index is 1.31. The summed E-state index contributed by atoms with van der Waals surface area (Å²) in [7, 11) is 0. The van der Waals surface area contributed by atoms with Gasteiger partial charge in [-0.15, -0.1) is 0 Å². The Bertz CT molecular complexity index is 919. The van der Waals surface area contributed by atoms with Gasteiger partial charge in [-0.25, -0.2) is 0 Å². The van der Waals surface area contributed by atoms with Crippen LogP contribution >= 0.6 is 15.9 Å². The zero-order valence-corrected chi connectivity index (χ0v) is 17.0. The first-order valence-corrected chi connectivity index (χ1v) is 10.1. The van der Waals surface area contributed by atoms with Crippen LogP contribution in [0.2, 0.25) is 0 Å². The van der Waals surface area contributed by atoms with Gasteiger partial charge in [-0.3, -0.25) is 14.7 Å². The van der Waals surface area contributed by atoms with Crippen LogP contribution in [0.3, 0.4) is 0 Å². The monoisotopic (exact) mass is 440 g/mol. The first-order chi connectivity index (χ1) is 13.7. The van der Waals surface area contributed by atoms with Gasteiger partial charge >= 0.3 is 0 Å². The van der Waals surface area contributed by atoms with Crippen molar-refractivity contribution >= 4 is 21.8 Å². The van der Waals surface area contributed by atoms with Crippen molar-refractivity contribution in [3.63, 3.8) is 0 Å². The molecular weight excluding hydrogens is 420 g/mol. The average Bonchev–Trinajstić information content (AvgIpc) is 3.24. The molecule has 0 aliphatic carbocycles. The van der Waals surface area contributed by atoms with E-state index in [2.05, 4.69) is 31.0 Å². The molecule has 1 aliphatic rings. The van der Waals surface area contributed by atoms with Gasteiger partial charge in [-0.05, 0) is 36.2 Å². The Morgan fingerprint density at radius 1 is 1.04 bits per heavy atom. The minimum Gasteiger partial charge on any atom is -0.355 e. The number of carbonyl (C=O) groups is 1. The maximum absolute atomic E-state index is 12.8. The van der Waals surface area contributed by atoms with E-state index in [1.165, 1.54) is 5.56 Å². The van der Waals surface area contributed by atoms with E-state index in [1.54, 1.807) is 6.07 Å². The van der Waals surface area contributed by atoms with Gasteiger partial charge in [0.15, 0.2) is 11.5 Å². The van der Waals surface area contributed by atoms with Gasteiger partial charge in [-0.1, -0.05) is 33.2 Å².